The van der Waals surface area contributed by atoms with Crippen molar-refractivity contribution < 1.29 is 9.53 Å². The molecule has 6 nitrogen and oxygen atoms in total. The first kappa shape index (κ1) is 14.2. The Morgan fingerprint density at radius 2 is 2.05 bits per heavy atom. The van der Waals surface area contributed by atoms with Crippen LogP contribution in [0.4, 0.5) is 0 Å². The number of benzene rings is 1. The monoisotopic (exact) mass is 296 g/mol. The van der Waals surface area contributed by atoms with Crippen molar-refractivity contribution in [3.05, 3.63) is 59.5 Å². The van der Waals surface area contributed by atoms with Crippen molar-refractivity contribution in [2.45, 2.75) is 13.2 Å². The Morgan fingerprint density at radius 1 is 1.23 bits per heavy atom. The molecule has 2 heterocycles. The zero-order valence-electron chi connectivity index (χ0n) is 12.2. The normalized spacial score (nSPS) is 10.8. The SMILES string of the molecule is COCc1ccccc1CNC(=O)c1ccc2[nH]cnc2n1. The third-order valence-corrected chi connectivity index (χ3v) is 3.37. The summed E-state index contributed by atoms with van der Waals surface area (Å²) in [6.07, 6.45) is 1.56. The predicted octanol–water partition coefficient (Wildman–Crippen LogP) is 2.03. The van der Waals surface area contributed by atoms with Crippen LogP contribution in [-0.4, -0.2) is 28.0 Å². The number of imidazole rings is 1. The van der Waals surface area contributed by atoms with Gasteiger partial charge < -0.3 is 15.0 Å². The summed E-state index contributed by atoms with van der Waals surface area (Å²) < 4.78 is 5.16. The molecule has 0 aliphatic rings. The van der Waals surface area contributed by atoms with Crippen LogP contribution in [0.1, 0.15) is 21.6 Å². The van der Waals surface area contributed by atoms with E-state index >= 15 is 0 Å². The lowest BCUT2D eigenvalue weighted by atomic mass is 10.1. The van der Waals surface area contributed by atoms with Gasteiger partial charge in [-0.1, -0.05) is 24.3 Å². The fourth-order valence-electron chi connectivity index (χ4n) is 2.24. The van der Waals surface area contributed by atoms with Crippen LogP contribution in [0.3, 0.4) is 0 Å². The Balaban J connectivity index is 1.72. The minimum Gasteiger partial charge on any atom is -0.380 e. The Hall–Kier alpha value is -2.73. The Morgan fingerprint density at radius 3 is 2.86 bits per heavy atom. The maximum absolute atomic E-state index is 12.2. The lowest BCUT2D eigenvalue weighted by Crippen LogP contribution is -2.24. The van der Waals surface area contributed by atoms with Crippen molar-refractivity contribution in [3.8, 4) is 0 Å². The number of hydrogen-bond donors (Lipinski definition) is 2. The van der Waals surface area contributed by atoms with E-state index in [1.807, 2.05) is 24.3 Å². The summed E-state index contributed by atoms with van der Waals surface area (Å²) >= 11 is 0. The minimum absolute atomic E-state index is 0.225. The number of amides is 1. The molecule has 0 aliphatic heterocycles. The van der Waals surface area contributed by atoms with Gasteiger partial charge in [0.25, 0.3) is 5.91 Å². The summed E-state index contributed by atoms with van der Waals surface area (Å²) in [4.78, 5) is 23.4. The van der Waals surface area contributed by atoms with Crippen LogP contribution in [0.15, 0.2) is 42.7 Å². The number of pyridine rings is 1. The maximum Gasteiger partial charge on any atom is 0.270 e. The molecular formula is C16H16N4O2. The Labute approximate surface area is 127 Å². The first-order valence-electron chi connectivity index (χ1n) is 6.92. The first-order valence-corrected chi connectivity index (χ1v) is 6.92. The van der Waals surface area contributed by atoms with E-state index in [-0.39, 0.29) is 5.91 Å². The standard InChI is InChI=1S/C16H16N4O2/c1-22-9-12-5-3-2-4-11(12)8-17-16(21)14-7-6-13-15(20-14)19-10-18-13/h2-7,10H,8-9H2,1H3,(H,17,21)(H,18,19,20). The highest BCUT2D eigenvalue weighted by atomic mass is 16.5. The predicted molar refractivity (Wildman–Crippen MR) is 82.2 cm³/mol. The molecule has 0 saturated heterocycles. The quantitative estimate of drug-likeness (QED) is 0.755. The van der Waals surface area contributed by atoms with E-state index < -0.39 is 0 Å². The number of hydrogen-bond acceptors (Lipinski definition) is 4. The van der Waals surface area contributed by atoms with Crippen LogP contribution in [-0.2, 0) is 17.9 Å². The van der Waals surface area contributed by atoms with E-state index in [4.69, 9.17) is 4.74 Å². The second-order valence-electron chi connectivity index (χ2n) is 4.85. The smallest absolute Gasteiger partial charge is 0.270 e. The zero-order valence-corrected chi connectivity index (χ0v) is 12.2. The highest BCUT2D eigenvalue weighted by Gasteiger charge is 2.10. The van der Waals surface area contributed by atoms with Crippen molar-refractivity contribution in [1.82, 2.24) is 20.3 Å². The number of nitrogens with zero attached hydrogens (tertiary/aromatic N) is 2. The molecule has 0 bridgehead atoms. The highest BCUT2D eigenvalue weighted by Crippen LogP contribution is 2.11. The van der Waals surface area contributed by atoms with Crippen molar-refractivity contribution in [3.63, 3.8) is 0 Å². The Bertz CT molecular complexity index is 797. The fraction of sp³-hybridized carbons (Fsp3) is 0.188. The molecule has 2 aromatic heterocycles. The first-order chi connectivity index (χ1) is 10.8. The molecule has 1 aromatic carbocycles. The van der Waals surface area contributed by atoms with E-state index in [0.29, 0.717) is 24.5 Å². The topological polar surface area (TPSA) is 79.9 Å². The van der Waals surface area contributed by atoms with Crippen LogP contribution in [0.25, 0.3) is 11.2 Å². The van der Waals surface area contributed by atoms with Gasteiger partial charge in [-0.05, 0) is 23.3 Å². The van der Waals surface area contributed by atoms with Gasteiger partial charge >= 0.3 is 0 Å². The molecule has 3 rings (SSSR count). The van der Waals surface area contributed by atoms with Gasteiger partial charge in [0.05, 0.1) is 18.5 Å². The van der Waals surface area contributed by atoms with Crippen LogP contribution in [0, 0.1) is 0 Å². The van der Waals surface area contributed by atoms with Crippen molar-refractivity contribution >= 4 is 17.1 Å². The average Bonchev–Trinajstić information content (AvgIpc) is 3.01. The zero-order chi connectivity index (χ0) is 15.4. The number of nitrogens with one attached hydrogen (secondary N) is 2. The van der Waals surface area contributed by atoms with Gasteiger partial charge in [0.1, 0.15) is 5.69 Å². The van der Waals surface area contributed by atoms with Gasteiger partial charge in [0.15, 0.2) is 5.65 Å². The van der Waals surface area contributed by atoms with Gasteiger partial charge in [-0.15, -0.1) is 0 Å². The summed E-state index contributed by atoms with van der Waals surface area (Å²) in [6.45, 7) is 0.947. The molecule has 0 atom stereocenters. The summed E-state index contributed by atoms with van der Waals surface area (Å²) in [5.74, 6) is -0.225. The van der Waals surface area contributed by atoms with Crippen LogP contribution in [0.2, 0.25) is 0 Å². The molecule has 1 amide bonds. The number of aromatic nitrogens is 3. The van der Waals surface area contributed by atoms with E-state index in [2.05, 4.69) is 20.3 Å². The molecule has 22 heavy (non-hydrogen) atoms. The van der Waals surface area contributed by atoms with E-state index in [1.54, 1.807) is 25.6 Å². The molecule has 0 aliphatic carbocycles. The van der Waals surface area contributed by atoms with Crippen LogP contribution in [0.5, 0.6) is 0 Å². The van der Waals surface area contributed by atoms with E-state index in [0.717, 1.165) is 16.6 Å². The summed E-state index contributed by atoms with van der Waals surface area (Å²) in [5, 5.41) is 2.88. The number of aromatic amines is 1. The molecule has 112 valence electrons. The molecule has 0 unspecified atom stereocenters. The molecule has 3 aromatic rings. The number of ether oxygens (including phenoxy) is 1. The van der Waals surface area contributed by atoms with E-state index in [9.17, 15) is 4.79 Å². The molecule has 0 fully saturated rings. The second kappa shape index (κ2) is 6.36. The number of fused-ring (bicyclic) bond motifs is 1. The molecule has 0 radical (unpaired) electrons. The van der Waals surface area contributed by atoms with Crippen LogP contribution < -0.4 is 5.32 Å². The van der Waals surface area contributed by atoms with Crippen molar-refractivity contribution in [1.29, 1.82) is 0 Å². The lowest BCUT2D eigenvalue weighted by molar-refractivity contribution is 0.0945. The number of carbonyl (C=O) groups is 1. The summed E-state index contributed by atoms with van der Waals surface area (Å²) in [5.41, 5.74) is 3.78. The average molecular weight is 296 g/mol. The molecule has 2 N–H and O–H groups in total. The number of H-pyrrole nitrogens is 1. The summed E-state index contributed by atoms with van der Waals surface area (Å²) in [6, 6.07) is 11.3. The number of carbonyl (C=O) groups excluding carboxylic acids is 1. The largest absolute Gasteiger partial charge is 0.380 e. The number of rotatable bonds is 5. The van der Waals surface area contributed by atoms with Gasteiger partial charge in [-0.2, -0.15) is 0 Å². The summed E-state index contributed by atoms with van der Waals surface area (Å²) in [7, 11) is 1.65. The van der Waals surface area contributed by atoms with Crippen molar-refractivity contribution in [2.75, 3.05) is 7.11 Å². The number of methoxy groups -OCH3 is 1. The Kier molecular flexibility index (Phi) is 4.11. The minimum atomic E-state index is -0.225. The van der Waals surface area contributed by atoms with Crippen molar-refractivity contribution in [2.24, 2.45) is 0 Å². The third-order valence-electron chi connectivity index (χ3n) is 3.37. The third kappa shape index (κ3) is 2.96. The van der Waals surface area contributed by atoms with Gasteiger partial charge in [-0.3, -0.25) is 4.79 Å². The highest BCUT2D eigenvalue weighted by molar-refractivity contribution is 5.93. The van der Waals surface area contributed by atoms with Gasteiger partial charge in [0.2, 0.25) is 0 Å². The maximum atomic E-state index is 12.2. The molecule has 0 spiro atoms. The molecule has 6 heteroatoms. The van der Waals surface area contributed by atoms with Gasteiger partial charge in [-0.25, -0.2) is 9.97 Å². The van der Waals surface area contributed by atoms with E-state index in [1.165, 1.54) is 0 Å². The lowest BCUT2D eigenvalue weighted by Gasteiger charge is -2.09. The molecular weight excluding hydrogens is 280 g/mol. The van der Waals surface area contributed by atoms with Gasteiger partial charge in [0, 0.05) is 13.7 Å². The molecule has 0 saturated carbocycles. The fourth-order valence-corrected chi connectivity index (χ4v) is 2.24. The second-order valence-corrected chi connectivity index (χ2v) is 4.85. The van der Waals surface area contributed by atoms with Crippen LogP contribution >= 0.6 is 0 Å².